The van der Waals surface area contributed by atoms with E-state index in [2.05, 4.69) is 5.32 Å². The molecular weight excluding hydrogens is 494 g/mol. The third-order valence-corrected chi connectivity index (χ3v) is 5.83. The minimum Gasteiger partial charge on any atom is -0.378 e. The highest BCUT2D eigenvalue weighted by atomic mass is 32.2. The Balaban J connectivity index is 1.75. The minimum absolute atomic E-state index is 0.0506. The van der Waals surface area contributed by atoms with Crippen LogP contribution in [0.2, 0.25) is 0 Å². The lowest BCUT2D eigenvalue weighted by Gasteiger charge is -2.09. The summed E-state index contributed by atoms with van der Waals surface area (Å²) >= 11 is 0. The highest BCUT2D eigenvalue weighted by Gasteiger charge is 2.14. The van der Waals surface area contributed by atoms with Gasteiger partial charge in [0.25, 0.3) is 10.1 Å². The second-order valence-corrected chi connectivity index (χ2v) is 9.09. The Labute approximate surface area is 215 Å². The van der Waals surface area contributed by atoms with Crippen molar-refractivity contribution in [2.45, 2.75) is 11.8 Å². The van der Waals surface area contributed by atoms with E-state index in [1.54, 1.807) is 12.1 Å². The van der Waals surface area contributed by atoms with Crippen molar-refractivity contribution in [3.05, 3.63) is 29.8 Å². The van der Waals surface area contributed by atoms with Crippen LogP contribution >= 0.6 is 0 Å². The van der Waals surface area contributed by atoms with Crippen molar-refractivity contribution < 1.29 is 45.8 Å². The van der Waals surface area contributed by atoms with Crippen LogP contribution in [0.5, 0.6) is 0 Å². The molecule has 0 aromatic heterocycles. The van der Waals surface area contributed by atoms with E-state index in [0.717, 1.165) is 12.1 Å². The van der Waals surface area contributed by atoms with Crippen LogP contribution in [0, 0.1) is 6.92 Å². The molecule has 0 spiro atoms. The lowest BCUT2D eigenvalue weighted by atomic mass is 10.2. The van der Waals surface area contributed by atoms with Crippen LogP contribution in [-0.2, 0) is 47.5 Å². The quantitative estimate of drug-likeness (QED) is 0.135. The summed E-state index contributed by atoms with van der Waals surface area (Å²) in [7, 11) is -1.87. The molecule has 0 radical (unpaired) electrons. The molecule has 0 aliphatic heterocycles. The molecule has 12 heteroatoms. The first-order valence-electron chi connectivity index (χ1n) is 12.2. The number of rotatable bonds is 26. The lowest BCUT2D eigenvalue weighted by molar-refractivity contribution is -0.0210. The second kappa shape index (κ2) is 23.0. The maximum absolute atomic E-state index is 12.0. The van der Waals surface area contributed by atoms with Crippen molar-refractivity contribution in [2.24, 2.45) is 0 Å². The number of aryl methyl sites for hydroxylation is 1. The molecular formula is C24H43NO10S. The molecule has 0 saturated heterocycles. The van der Waals surface area contributed by atoms with Gasteiger partial charge in [-0.05, 0) is 26.1 Å². The molecule has 0 fully saturated rings. The molecule has 1 rings (SSSR count). The van der Waals surface area contributed by atoms with Gasteiger partial charge in [0.05, 0.1) is 104 Å². The minimum atomic E-state index is -3.76. The van der Waals surface area contributed by atoms with Crippen LogP contribution < -0.4 is 5.32 Å². The monoisotopic (exact) mass is 537 g/mol. The van der Waals surface area contributed by atoms with Crippen molar-refractivity contribution in [2.75, 3.05) is 113 Å². The van der Waals surface area contributed by atoms with E-state index in [1.807, 2.05) is 14.0 Å². The number of hydrogen-bond donors (Lipinski definition) is 1. The highest BCUT2D eigenvalue weighted by molar-refractivity contribution is 7.86. The molecule has 11 nitrogen and oxygen atoms in total. The lowest BCUT2D eigenvalue weighted by Crippen LogP contribution is -2.17. The predicted octanol–water partition coefficient (Wildman–Crippen LogP) is 1.04. The van der Waals surface area contributed by atoms with Crippen LogP contribution in [0.15, 0.2) is 29.2 Å². The molecule has 1 aromatic rings. The summed E-state index contributed by atoms with van der Waals surface area (Å²) in [5, 5.41) is 3.01. The first kappa shape index (κ1) is 32.8. The summed E-state index contributed by atoms with van der Waals surface area (Å²) in [4.78, 5) is 0.133. The topological polar surface area (TPSA) is 120 Å². The molecule has 0 heterocycles. The first-order chi connectivity index (χ1) is 17.6. The number of likely N-dealkylation sites (N-methyl/N-ethyl adjacent to an activating group) is 1. The highest BCUT2D eigenvalue weighted by Crippen LogP contribution is 2.12. The van der Waals surface area contributed by atoms with Crippen molar-refractivity contribution in [3.63, 3.8) is 0 Å². The Kier molecular flexibility index (Phi) is 20.9. The van der Waals surface area contributed by atoms with Crippen molar-refractivity contribution in [1.82, 2.24) is 5.32 Å². The average Bonchev–Trinajstić information content (AvgIpc) is 2.87. The normalized spacial score (nSPS) is 11.8. The van der Waals surface area contributed by atoms with Gasteiger partial charge < -0.3 is 38.5 Å². The maximum atomic E-state index is 12.0. The molecule has 1 N–H and O–H groups in total. The van der Waals surface area contributed by atoms with E-state index in [0.29, 0.717) is 85.9 Å². The molecule has 0 saturated carbocycles. The first-order valence-corrected chi connectivity index (χ1v) is 13.6. The average molecular weight is 538 g/mol. The number of nitrogens with one attached hydrogen (secondary N) is 1. The zero-order valence-corrected chi connectivity index (χ0v) is 22.4. The zero-order valence-electron chi connectivity index (χ0n) is 21.6. The number of benzene rings is 1. The van der Waals surface area contributed by atoms with Gasteiger partial charge in [-0.15, -0.1) is 0 Å². The zero-order chi connectivity index (χ0) is 26.2. The van der Waals surface area contributed by atoms with Gasteiger partial charge in [0.1, 0.15) is 0 Å². The fourth-order valence-corrected chi connectivity index (χ4v) is 3.46. The van der Waals surface area contributed by atoms with Gasteiger partial charge in [-0.2, -0.15) is 8.42 Å². The Morgan fingerprint density at radius 1 is 0.556 bits per heavy atom. The number of ether oxygens (including phenoxy) is 7. The molecule has 0 aliphatic carbocycles. The van der Waals surface area contributed by atoms with E-state index >= 15 is 0 Å². The molecule has 0 unspecified atom stereocenters. The van der Waals surface area contributed by atoms with E-state index in [-0.39, 0.29) is 18.1 Å². The third-order valence-electron chi connectivity index (χ3n) is 4.50. The van der Waals surface area contributed by atoms with Crippen LogP contribution in [-0.4, -0.2) is 121 Å². The summed E-state index contributed by atoms with van der Waals surface area (Å²) in [6.07, 6.45) is 0. The van der Waals surface area contributed by atoms with Gasteiger partial charge in [-0.1, -0.05) is 17.7 Å². The Bertz CT molecular complexity index is 718. The van der Waals surface area contributed by atoms with Crippen molar-refractivity contribution >= 4 is 10.1 Å². The summed E-state index contributed by atoms with van der Waals surface area (Å²) in [6, 6.07) is 6.49. The van der Waals surface area contributed by atoms with Gasteiger partial charge in [-0.25, -0.2) is 0 Å². The van der Waals surface area contributed by atoms with E-state index in [1.165, 1.54) is 12.1 Å². The van der Waals surface area contributed by atoms with Gasteiger partial charge in [0, 0.05) is 6.54 Å². The molecule has 1 aromatic carbocycles. The van der Waals surface area contributed by atoms with Gasteiger partial charge >= 0.3 is 0 Å². The second-order valence-electron chi connectivity index (χ2n) is 7.48. The fourth-order valence-electron chi connectivity index (χ4n) is 2.57. The third kappa shape index (κ3) is 19.0. The Morgan fingerprint density at radius 2 is 0.889 bits per heavy atom. The fraction of sp³-hybridized carbons (Fsp3) is 0.750. The summed E-state index contributed by atoms with van der Waals surface area (Å²) in [5.41, 5.74) is 0.980. The van der Waals surface area contributed by atoms with Crippen LogP contribution in [0.4, 0.5) is 0 Å². The van der Waals surface area contributed by atoms with Crippen LogP contribution in [0.3, 0.4) is 0 Å². The maximum Gasteiger partial charge on any atom is 0.297 e. The van der Waals surface area contributed by atoms with Crippen molar-refractivity contribution in [1.29, 1.82) is 0 Å². The number of hydrogen-bond acceptors (Lipinski definition) is 11. The SMILES string of the molecule is CNCCOCCOCCOCCOCCOCCOCCOCCOS(=O)(=O)c1ccc(C)cc1. The summed E-state index contributed by atoms with van der Waals surface area (Å²) < 4.78 is 66.7. The Hall–Kier alpha value is -1.19. The van der Waals surface area contributed by atoms with E-state index in [9.17, 15) is 8.42 Å². The molecule has 0 atom stereocenters. The van der Waals surface area contributed by atoms with Crippen molar-refractivity contribution in [3.8, 4) is 0 Å². The van der Waals surface area contributed by atoms with Crippen LogP contribution in [0.1, 0.15) is 5.56 Å². The standard InChI is InChI=1S/C24H43NO10S/c1-23-3-5-24(6-4-23)36(26,27)35-22-21-34-20-19-33-18-17-32-16-15-31-14-13-30-12-11-29-10-9-28-8-7-25-2/h3-6,25H,7-22H2,1-2H3. The molecule has 0 amide bonds. The van der Waals surface area contributed by atoms with Gasteiger partial charge in [0.2, 0.25) is 0 Å². The van der Waals surface area contributed by atoms with Crippen LogP contribution in [0.25, 0.3) is 0 Å². The molecule has 0 bridgehead atoms. The Morgan fingerprint density at radius 3 is 1.25 bits per heavy atom. The molecule has 0 aliphatic rings. The molecule has 210 valence electrons. The predicted molar refractivity (Wildman–Crippen MR) is 134 cm³/mol. The largest absolute Gasteiger partial charge is 0.378 e. The van der Waals surface area contributed by atoms with E-state index < -0.39 is 10.1 Å². The molecule has 36 heavy (non-hydrogen) atoms. The van der Waals surface area contributed by atoms with Gasteiger partial charge in [-0.3, -0.25) is 4.18 Å². The van der Waals surface area contributed by atoms with E-state index in [4.69, 9.17) is 37.3 Å². The van der Waals surface area contributed by atoms with Gasteiger partial charge in [0.15, 0.2) is 0 Å². The summed E-state index contributed by atoms with van der Waals surface area (Å²) in [6.45, 7) is 9.30. The summed E-state index contributed by atoms with van der Waals surface area (Å²) in [5.74, 6) is 0. The smallest absolute Gasteiger partial charge is 0.297 e.